The first-order valence-electron chi connectivity index (χ1n) is 7.62. The molecule has 0 unspecified atom stereocenters. The van der Waals surface area contributed by atoms with Gasteiger partial charge in [0, 0.05) is 18.6 Å². The predicted molar refractivity (Wildman–Crippen MR) is 87.1 cm³/mol. The summed E-state index contributed by atoms with van der Waals surface area (Å²) in [5, 5.41) is 0. The highest BCUT2D eigenvalue weighted by Crippen LogP contribution is 2.28. The van der Waals surface area contributed by atoms with Crippen LogP contribution in [-0.2, 0) is 9.53 Å². The van der Waals surface area contributed by atoms with E-state index in [4.69, 9.17) is 4.74 Å². The second-order valence-electron chi connectivity index (χ2n) is 6.95. The fraction of sp³-hybridized carbons (Fsp3) is 0.611. The third-order valence-corrected chi connectivity index (χ3v) is 3.69. The first kappa shape index (κ1) is 17.7. The largest absolute Gasteiger partial charge is 0.469 e. The van der Waals surface area contributed by atoms with Crippen LogP contribution >= 0.6 is 0 Å². The van der Waals surface area contributed by atoms with Gasteiger partial charge in [0.2, 0.25) is 0 Å². The van der Waals surface area contributed by atoms with Crippen molar-refractivity contribution in [1.82, 2.24) is 4.90 Å². The first-order chi connectivity index (χ1) is 9.74. The Kier molecular flexibility index (Phi) is 6.41. The summed E-state index contributed by atoms with van der Waals surface area (Å²) in [6.07, 6.45) is 0.420. The molecule has 0 spiro atoms. The average molecular weight is 291 g/mol. The zero-order chi connectivity index (χ0) is 16.0. The van der Waals surface area contributed by atoms with Gasteiger partial charge in [0.1, 0.15) is 0 Å². The van der Waals surface area contributed by atoms with Crippen LogP contribution in [0.4, 0.5) is 0 Å². The van der Waals surface area contributed by atoms with E-state index in [1.54, 1.807) is 0 Å². The molecule has 0 amide bonds. The summed E-state index contributed by atoms with van der Waals surface area (Å²) >= 11 is 0. The van der Waals surface area contributed by atoms with E-state index in [0.717, 1.165) is 6.54 Å². The highest BCUT2D eigenvalue weighted by molar-refractivity contribution is 5.69. The van der Waals surface area contributed by atoms with Crippen LogP contribution in [0.5, 0.6) is 0 Å². The number of carbonyl (C=O) groups is 1. The van der Waals surface area contributed by atoms with E-state index in [1.807, 2.05) is 6.07 Å². The van der Waals surface area contributed by atoms with Crippen molar-refractivity contribution in [2.24, 2.45) is 5.41 Å². The average Bonchev–Trinajstić information content (AvgIpc) is 2.43. The van der Waals surface area contributed by atoms with Gasteiger partial charge < -0.3 is 4.74 Å². The molecule has 0 N–H and O–H groups in total. The number of ether oxygens (including phenoxy) is 1. The first-order valence-corrected chi connectivity index (χ1v) is 7.62. The normalized spacial score (nSPS) is 14.8. The summed E-state index contributed by atoms with van der Waals surface area (Å²) in [5.41, 5.74) is 1.45. The molecule has 0 heterocycles. The van der Waals surface area contributed by atoms with Crippen LogP contribution in [0.25, 0.3) is 0 Å². The number of nitrogens with zero attached hydrogens (tertiary/aromatic N) is 1. The van der Waals surface area contributed by atoms with Crippen LogP contribution in [0.15, 0.2) is 30.3 Å². The molecule has 3 heteroatoms. The highest BCUT2D eigenvalue weighted by atomic mass is 16.5. The van der Waals surface area contributed by atoms with Gasteiger partial charge in [-0.15, -0.1) is 0 Å². The van der Waals surface area contributed by atoms with Crippen molar-refractivity contribution in [3.05, 3.63) is 35.9 Å². The Bertz CT molecular complexity index is 436. The van der Waals surface area contributed by atoms with Crippen molar-refractivity contribution in [2.75, 3.05) is 13.7 Å². The zero-order valence-electron chi connectivity index (χ0n) is 14.2. The number of rotatable bonds is 6. The molecule has 0 saturated heterocycles. The number of benzene rings is 1. The fourth-order valence-corrected chi connectivity index (χ4v) is 2.59. The summed E-state index contributed by atoms with van der Waals surface area (Å²) in [6.45, 7) is 11.9. The van der Waals surface area contributed by atoms with E-state index in [9.17, 15) is 4.79 Å². The number of esters is 1. The lowest BCUT2D eigenvalue weighted by atomic mass is 9.93. The lowest BCUT2D eigenvalue weighted by molar-refractivity contribution is -0.142. The van der Waals surface area contributed by atoms with E-state index in [-0.39, 0.29) is 23.5 Å². The van der Waals surface area contributed by atoms with E-state index in [1.165, 1.54) is 12.7 Å². The molecule has 3 nitrogen and oxygen atoms in total. The maximum absolute atomic E-state index is 11.6. The SMILES string of the molecule is COC(=O)C[C@H](C)N(CC(C)(C)C)[C@@H](C)c1ccccc1. The number of hydrogen-bond donors (Lipinski definition) is 0. The Morgan fingerprint density at radius 1 is 1.19 bits per heavy atom. The molecule has 0 aliphatic carbocycles. The zero-order valence-corrected chi connectivity index (χ0v) is 14.2. The van der Waals surface area contributed by atoms with E-state index >= 15 is 0 Å². The lowest BCUT2D eigenvalue weighted by Crippen LogP contribution is -2.42. The van der Waals surface area contributed by atoms with Crippen molar-refractivity contribution in [3.8, 4) is 0 Å². The van der Waals surface area contributed by atoms with Crippen LogP contribution in [0, 0.1) is 5.41 Å². The van der Waals surface area contributed by atoms with Gasteiger partial charge in [0.05, 0.1) is 13.5 Å². The number of methoxy groups -OCH3 is 1. The number of carbonyl (C=O) groups excluding carboxylic acids is 1. The Morgan fingerprint density at radius 3 is 2.24 bits per heavy atom. The molecule has 118 valence electrons. The molecule has 0 aliphatic rings. The predicted octanol–water partition coefficient (Wildman–Crippen LogP) is 4.05. The van der Waals surface area contributed by atoms with E-state index in [0.29, 0.717) is 6.42 Å². The van der Waals surface area contributed by atoms with Crippen LogP contribution in [-0.4, -0.2) is 30.6 Å². The minimum atomic E-state index is -0.151. The van der Waals surface area contributed by atoms with Gasteiger partial charge in [-0.3, -0.25) is 9.69 Å². The molecule has 0 bridgehead atoms. The van der Waals surface area contributed by atoms with Crippen molar-refractivity contribution >= 4 is 5.97 Å². The summed E-state index contributed by atoms with van der Waals surface area (Å²) in [7, 11) is 1.45. The van der Waals surface area contributed by atoms with Gasteiger partial charge in [-0.2, -0.15) is 0 Å². The van der Waals surface area contributed by atoms with Crippen LogP contribution < -0.4 is 0 Å². The third-order valence-electron chi connectivity index (χ3n) is 3.69. The minimum Gasteiger partial charge on any atom is -0.469 e. The molecule has 2 atom stereocenters. The molecule has 21 heavy (non-hydrogen) atoms. The summed E-state index contributed by atoms with van der Waals surface area (Å²) < 4.78 is 4.82. The van der Waals surface area contributed by atoms with Crippen LogP contribution in [0.1, 0.15) is 52.6 Å². The molecule has 1 aromatic carbocycles. The van der Waals surface area contributed by atoms with E-state index < -0.39 is 0 Å². The second-order valence-corrected chi connectivity index (χ2v) is 6.95. The molecule has 0 saturated carbocycles. The van der Waals surface area contributed by atoms with Gasteiger partial charge in [0.15, 0.2) is 0 Å². The standard InChI is InChI=1S/C18H29NO2/c1-14(12-17(20)21-6)19(13-18(3,4)5)15(2)16-10-8-7-9-11-16/h7-11,14-15H,12-13H2,1-6H3/t14-,15-/m0/s1. The van der Waals surface area contributed by atoms with Crippen LogP contribution in [0.2, 0.25) is 0 Å². The van der Waals surface area contributed by atoms with Gasteiger partial charge in [0.25, 0.3) is 0 Å². The monoisotopic (exact) mass is 291 g/mol. The minimum absolute atomic E-state index is 0.145. The molecule has 0 radical (unpaired) electrons. The van der Waals surface area contributed by atoms with Crippen molar-refractivity contribution in [3.63, 3.8) is 0 Å². The van der Waals surface area contributed by atoms with Crippen molar-refractivity contribution in [2.45, 2.75) is 53.1 Å². The topological polar surface area (TPSA) is 29.5 Å². The molecular weight excluding hydrogens is 262 g/mol. The smallest absolute Gasteiger partial charge is 0.307 e. The maximum atomic E-state index is 11.6. The molecule has 1 aromatic rings. The second kappa shape index (κ2) is 7.60. The lowest BCUT2D eigenvalue weighted by Gasteiger charge is -2.39. The van der Waals surface area contributed by atoms with Crippen LogP contribution in [0.3, 0.4) is 0 Å². The third kappa shape index (κ3) is 5.88. The van der Waals surface area contributed by atoms with Gasteiger partial charge >= 0.3 is 5.97 Å². The maximum Gasteiger partial charge on any atom is 0.307 e. The molecule has 0 fully saturated rings. The Labute approximate surface area is 129 Å². The van der Waals surface area contributed by atoms with Gasteiger partial charge in [-0.25, -0.2) is 0 Å². The molecule has 0 aliphatic heterocycles. The molecule has 0 aromatic heterocycles. The fourth-order valence-electron chi connectivity index (χ4n) is 2.59. The van der Waals surface area contributed by atoms with Crippen molar-refractivity contribution < 1.29 is 9.53 Å². The summed E-state index contributed by atoms with van der Waals surface area (Å²) in [5.74, 6) is -0.151. The summed E-state index contributed by atoms with van der Waals surface area (Å²) in [4.78, 5) is 14.0. The number of hydrogen-bond acceptors (Lipinski definition) is 3. The Balaban J connectivity index is 2.93. The quantitative estimate of drug-likeness (QED) is 0.741. The molecule has 1 rings (SSSR count). The van der Waals surface area contributed by atoms with Crippen molar-refractivity contribution in [1.29, 1.82) is 0 Å². The van der Waals surface area contributed by atoms with E-state index in [2.05, 4.69) is 63.8 Å². The molecular formula is C18H29NO2. The van der Waals surface area contributed by atoms with Gasteiger partial charge in [-0.05, 0) is 24.8 Å². The highest BCUT2D eigenvalue weighted by Gasteiger charge is 2.27. The Hall–Kier alpha value is -1.35. The Morgan fingerprint density at radius 2 is 1.76 bits per heavy atom. The van der Waals surface area contributed by atoms with Gasteiger partial charge in [-0.1, -0.05) is 51.1 Å². The summed E-state index contributed by atoms with van der Waals surface area (Å²) in [6, 6.07) is 10.9.